The van der Waals surface area contributed by atoms with Gasteiger partial charge in [0.25, 0.3) is 0 Å². The number of ether oxygens (including phenoxy) is 5. The van der Waals surface area contributed by atoms with Gasteiger partial charge in [-0.15, -0.1) is 0 Å². The second-order valence-electron chi connectivity index (χ2n) is 8.21. The minimum absolute atomic E-state index is 0.290. The summed E-state index contributed by atoms with van der Waals surface area (Å²) in [6.45, 7) is -2.06. The maximum atomic E-state index is 10.5. The van der Waals surface area contributed by atoms with Gasteiger partial charge in [0.15, 0.2) is 18.9 Å². The lowest BCUT2D eigenvalue weighted by molar-refractivity contribution is -0.361. The quantitative estimate of drug-likeness (QED) is 0.160. The molecule has 0 amide bonds. The Bertz CT molecular complexity index is 609. The zero-order valence-corrected chi connectivity index (χ0v) is 17.4. The van der Waals surface area contributed by atoms with E-state index in [-0.39, 0.29) is 6.42 Å². The Balaban J connectivity index is 1.69. The lowest BCUT2D eigenvalue weighted by atomic mass is 9.97. The molecule has 3 aliphatic heterocycles. The predicted molar refractivity (Wildman–Crippen MR) is 99.9 cm³/mol. The minimum atomic E-state index is -1.76. The first-order chi connectivity index (χ1) is 15.6. The highest BCUT2D eigenvalue weighted by Crippen LogP contribution is 2.31. The molecule has 3 aliphatic rings. The second kappa shape index (κ2) is 11.4. The molecule has 0 spiro atoms. The molecule has 0 radical (unpaired) electrons. The van der Waals surface area contributed by atoms with Crippen LogP contribution in [-0.4, -0.2) is 157 Å². The summed E-state index contributed by atoms with van der Waals surface area (Å²) in [7, 11) is 0. The average Bonchev–Trinajstić information content (AvgIpc) is 2.80. The Labute approximate surface area is 187 Å². The maximum Gasteiger partial charge on any atom is 0.187 e. The molecule has 0 aliphatic carbocycles. The van der Waals surface area contributed by atoms with E-state index in [0.29, 0.717) is 0 Å². The Hall–Kier alpha value is -0.600. The first kappa shape index (κ1) is 27.0. The molecule has 15 heteroatoms. The molecule has 10 N–H and O–H groups in total. The SMILES string of the molecule is OC[C@H]1O[C@H](O[C@H]2[C@@H](O)[C@H](O)[C@@H](CO)O[C@@H]2O)C[C@@H](O[C@H]2O[C@H](CO)[C@@H](O)[C@H](O)[C@H]2O)[C@@H]1O. The highest BCUT2D eigenvalue weighted by molar-refractivity contribution is 4.93. The zero-order valence-electron chi connectivity index (χ0n) is 17.4. The minimum Gasteiger partial charge on any atom is -0.394 e. The van der Waals surface area contributed by atoms with Crippen molar-refractivity contribution >= 4 is 0 Å². The molecule has 33 heavy (non-hydrogen) atoms. The van der Waals surface area contributed by atoms with Gasteiger partial charge in [-0.1, -0.05) is 0 Å². The fourth-order valence-corrected chi connectivity index (χ4v) is 4.02. The summed E-state index contributed by atoms with van der Waals surface area (Å²) in [6.07, 6.45) is -21.3. The van der Waals surface area contributed by atoms with E-state index in [1.54, 1.807) is 0 Å². The predicted octanol–water partition coefficient (Wildman–Crippen LogP) is -6.54. The van der Waals surface area contributed by atoms with Gasteiger partial charge in [-0.05, 0) is 0 Å². The van der Waals surface area contributed by atoms with Crippen molar-refractivity contribution in [2.45, 2.75) is 92.4 Å². The van der Waals surface area contributed by atoms with Gasteiger partial charge in [0.2, 0.25) is 0 Å². The summed E-state index contributed by atoms with van der Waals surface area (Å²) in [5, 5.41) is 98.8. The van der Waals surface area contributed by atoms with E-state index >= 15 is 0 Å². The summed E-state index contributed by atoms with van der Waals surface area (Å²) in [5.74, 6) is 0. The fourth-order valence-electron chi connectivity index (χ4n) is 4.02. The van der Waals surface area contributed by atoms with Crippen LogP contribution in [0.2, 0.25) is 0 Å². The molecule has 15 nitrogen and oxygen atoms in total. The van der Waals surface area contributed by atoms with Crippen LogP contribution in [0.25, 0.3) is 0 Å². The van der Waals surface area contributed by atoms with Crippen LogP contribution in [0.3, 0.4) is 0 Å². The first-order valence-corrected chi connectivity index (χ1v) is 10.5. The van der Waals surface area contributed by atoms with Crippen molar-refractivity contribution in [1.82, 2.24) is 0 Å². The third-order valence-electron chi connectivity index (χ3n) is 6.00. The van der Waals surface area contributed by atoms with E-state index in [4.69, 9.17) is 28.8 Å². The monoisotopic (exact) mass is 488 g/mol. The number of rotatable bonds is 7. The smallest absolute Gasteiger partial charge is 0.187 e. The van der Waals surface area contributed by atoms with Crippen molar-refractivity contribution < 1.29 is 74.7 Å². The first-order valence-electron chi connectivity index (χ1n) is 10.5. The van der Waals surface area contributed by atoms with Crippen LogP contribution >= 0.6 is 0 Å². The normalized spacial score (nSPS) is 51.5. The largest absolute Gasteiger partial charge is 0.394 e. The van der Waals surface area contributed by atoms with Gasteiger partial charge in [0.1, 0.15) is 61.0 Å². The van der Waals surface area contributed by atoms with Crippen molar-refractivity contribution in [2.24, 2.45) is 0 Å². The molecule has 0 saturated carbocycles. The van der Waals surface area contributed by atoms with E-state index in [9.17, 15) is 46.0 Å². The Morgan fingerprint density at radius 2 is 1.12 bits per heavy atom. The molecule has 194 valence electrons. The van der Waals surface area contributed by atoms with Crippen LogP contribution < -0.4 is 0 Å². The number of hydrogen-bond acceptors (Lipinski definition) is 15. The van der Waals surface area contributed by atoms with E-state index in [2.05, 4.69) is 0 Å². The van der Waals surface area contributed by atoms with Crippen molar-refractivity contribution in [3.8, 4) is 0 Å². The van der Waals surface area contributed by atoms with Crippen molar-refractivity contribution in [1.29, 1.82) is 0 Å². The molecule has 3 saturated heterocycles. The van der Waals surface area contributed by atoms with Crippen LogP contribution in [0, 0.1) is 0 Å². The molecule has 3 fully saturated rings. The molecular formula is C18H32O15. The topological polar surface area (TPSA) is 248 Å². The van der Waals surface area contributed by atoms with E-state index < -0.39 is 106 Å². The maximum absolute atomic E-state index is 10.5. The Kier molecular flexibility index (Phi) is 9.35. The summed E-state index contributed by atoms with van der Waals surface area (Å²) >= 11 is 0. The van der Waals surface area contributed by atoms with Crippen molar-refractivity contribution in [3.63, 3.8) is 0 Å². The highest BCUT2D eigenvalue weighted by Gasteiger charge is 2.50. The zero-order chi connectivity index (χ0) is 24.4. The van der Waals surface area contributed by atoms with Gasteiger partial charge in [-0.2, -0.15) is 0 Å². The Morgan fingerprint density at radius 3 is 1.73 bits per heavy atom. The lowest BCUT2D eigenvalue weighted by Crippen LogP contribution is -2.63. The van der Waals surface area contributed by atoms with Crippen LogP contribution in [0.1, 0.15) is 6.42 Å². The summed E-state index contributed by atoms with van der Waals surface area (Å²) < 4.78 is 26.8. The molecule has 0 bridgehead atoms. The summed E-state index contributed by atoms with van der Waals surface area (Å²) in [6, 6.07) is 0. The Morgan fingerprint density at radius 1 is 0.576 bits per heavy atom. The van der Waals surface area contributed by atoms with Crippen LogP contribution in [0.5, 0.6) is 0 Å². The van der Waals surface area contributed by atoms with Gasteiger partial charge in [0.05, 0.1) is 25.9 Å². The third kappa shape index (κ3) is 5.64. The summed E-state index contributed by atoms with van der Waals surface area (Å²) in [5.41, 5.74) is 0. The lowest BCUT2D eigenvalue weighted by Gasteiger charge is -2.46. The van der Waals surface area contributed by atoms with Crippen LogP contribution in [0.15, 0.2) is 0 Å². The molecular weight excluding hydrogens is 456 g/mol. The molecule has 14 atom stereocenters. The fraction of sp³-hybridized carbons (Fsp3) is 1.00. The standard InChI is InChI=1S/C18H32O15/c19-2-6-10(22)5(31-18-15(27)13(25)11(23)8(4-21)32-18)1-9(29-6)33-16-14(26)12(24)7(3-20)30-17(16)28/h5-28H,1-4H2/t5-,6-,7-,8-,9-,10+,11-,12-,13+,14+,15-,16+,17+,18+/m1/s1. The molecule has 3 rings (SSSR count). The van der Waals surface area contributed by atoms with Gasteiger partial charge < -0.3 is 74.7 Å². The van der Waals surface area contributed by atoms with E-state index in [1.807, 2.05) is 0 Å². The van der Waals surface area contributed by atoms with Crippen LogP contribution in [-0.2, 0) is 23.7 Å². The van der Waals surface area contributed by atoms with E-state index in [0.717, 1.165) is 0 Å². The van der Waals surface area contributed by atoms with Crippen LogP contribution in [0.4, 0.5) is 0 Å². The molecule has 0 aromatic carbocycles. The number of aliphatic hydroxyl groups is 10. The van der Waals surface area contributed by atoms with Gasteiger partial charge in [0, 0.05) is 6.42 Å². The molecule has 0 unspecified atom stereocenters. The molecule has 3 heterocycles. The highest BCUT2D eigenvalue weighted by atomic mass is 16.7. The third-order valence-corrected chi connectivity index (χ3v) is 6.00. The van der Waals surface area contributed by atoms with Gasteiger partial charge in [-0.3, -0.25) is 0 Å². The number of hydrogen-bond donors (Lipinski definition) is 10. The number of aliphatic hydroxyl groups excluding tert-OH is 10. The van der Waals surface area contributed by atoms with Gasteiger partial charge >= 0.3 is 0 Å². The van der Waals surface area contributed by atoms with Crippen molar-refractivity contribution in [3.05, 3.63) is 0 Å². The van der Waals surface area contributed by atoms with Crippen molar-refractivity contribution in [2.75, 3.05) is 19.8 Å². The molecule has 0 aromatic rings. The average molecular weight is 488 g/mol. The van der Waals surface area contributed by atoms with E-state index in [1.165, 1.54) is 0 Å². The van der Waals surface area contributed by atoms with Gasteiger partial charge in [-0.25, -0.2) is 0 Å². The molecule has 0 aromatic heterocycles. The summed E-state index contributed by atoms with van der Waals surface area (Å²) in [4.78, 5) is 0. The second-order valence-corrected chi connectivity index (χ2v) is 8.21.